The highest BCUT2D eigenvalue weighted by atomic mass is 16.1. The molecule has 0 saturated carbocycles. The highest BCUT2D eigenvalue weighted by Gasteiger charge is 2.25. The first-order valence-corrected chi connectivity index (χ1v) is 6.60. The number of rotatable bonds is 5. The van der Waals surface area contributed by atoms with Crippen molar-refractivity contribution in [2.45, 2.75) is 38.6 Å². The Kier molecular flexibility index (Phi) is 4.01. The SMILES string of the molecule is C=CCCC(=O)c1ccc2c(c1C)CCC2NC#N. The summed E-state index contributed by atoms with van der Waals surface area (Å²) in [6.07, 6.45) is 6.87. The van der Waals surface area contributed by atoms with E-state index in [1.165, 1.54) is 11.1 Å². The number of nitrogens with zero attached hydrogens (tertiary/aromatic N) is 1. The van der Waals surface area contributed by atoms with Crippen molar-refractivity contribution in [1.29, 1.82) is 5.26 Å². The van der Waals surface area contributed by atoms with Crippen molar-refractivity contribution in [3.8, 4) is 6.19 Å². The van der Waals surface area contributed by atoms with Crippen molar-refractivity contribution in [3.05, 3.63) is 47.0 Å². The minimum Gasteiger partial charge on any atom is -0.316 e. The van der Waals surface area contributed by atoms with Crippen LogP contribution in [-0.2, 0) is 6.42 Å². The van der Waals surface area contributed by atoms with E-state index in [4.69, 9.17) is 5.26 Å². The zero-order valence-electron chi connectivity index (χ0n) is 11.2. The van der Waals surface area contributed by atoms with E-state index in [9.17, 15) is 4.79 Å². The normalized spacial score (nSPS) is 16.5. The number of carbonyl (C=O) groups excluding carboxylic acids is 1. The Morgan fingerprint density at radius 2 is 2.42 bits per heavy atom. The van der Waals surface area contributed by atoms with Gasteiger partial charge >= 0.3 is 0 Å². The molecule has 0 aromatic heterocycles. The highest BCUT2D eigenvalue weighted by molar-refractivity contribution is 5.98. The van der Waals surface area contributed by atoms with Gasteiger partial charge < -0.3 is 5.32 Å². The molecule has 1 N–H and O–H groups in total. The van der Waals surface area contributed by atoms with Gasteiger partial charge in [0.1, 0.15) is 0 Å². The minimum absolute atomic E-state index is 0.107. The number of hydrogen-bond acceptors (Lipinski definition) is 3. The average molecular weight is 254 g/mol. The number of nitriles is 1. The van der Waals surface area contributed by atoms with Gasteiger partial charge in [-0.25, -0.2) is 0 Å². The van der Waals surface area contributed by atoms with Crippen LogP contribution in [0.1, 0.15) is 52.4 Å². The lowest BCUT2D eigenvalue weighted by atomic mass is 9.94. The zero-order valence-corrected chi connectivity index (χ0v) is 11.2. The summed E-state index contributed by atoms with van der Waals surface area (Å²) in [6, 6.07) is 4.00. The summed E-state index contributed by atoms with van der Waals surface area (Å²) in [5.41, 5.74) is 4.29. The van der Waals surface area contributed by atoms with Gasteiger partial charge in [-0.3, -0.25) is 4.79 Å². The summed E-state index contributed by atoms with van der Waals surface area (Å²) in [5.74, 6) is 0.178. The molecule has 0 aliphatic heterocycles. The molecule has 0 radical (unpaired) electrons. The number of allylic oxidation sites excluding steroid dienone is 1. The second-order valence-corrected chi connectivity index (χ2v) is 4.90. The van der Waals surface area contributed by atoms with E-state index in [1.807, 2.05) is 25.2 Å². The van der Waals surface area contributed by atoms with Crippen LogP contribution in [0.4, 0.5) is 0 Å². The third-order valence-corrected chi connectivity index (χ3v) is 3.81. The van der Waals surface area contributed by atoms with Gasteiger partial charge in [-0.05, 0) is 42.9 Å². The molecule has 0 heterocycles. The molecule has 2 rings (SSSR count). The van der Waals surface area contributed by atoms with Crippen LogP contribution in [-0.4, -0.2) is 5.78 Å². The van der Waals surface area contributed by atoms with Crippen LogP contribution in [0.2, 0.25) is 0 Å². The number of Topliss-reactive ketones (excluding diaryl/α,β-unsaturated/α-hetero) is 1. The number of nitrogens with one attached hydrogen (secondary N) is 1. The summed E-state index contributed by atoms with van der Waals surface area (Å²) in [5, 5.41) is 11.6. The smallest absolute Gasteiger partial charge is 0.177 e. The van der Waals surface area contributed by atoms with Crippen molar-refractivity contribution >= 4 is 5.78 Å². The third kappa shape index (κ3) is 2.53. The molecular formula is C16H18N2O. The van der Waals surface area contributed by atoms with Crippen molar-refractivity contribution < 1.29 is 4.79 Å². The van der Waals surface area contributed by atoms with E-state index in [0.717, 1.165) is 24.0 Å². The van der Waals surface area contributed by atoms with Crippen LogP contribution in [0.5, 0.6) is 0 Å². The summed E-state index contributed by atoms with van der Waals surface area (Å²) in [6.45, 7) is 5.65. The maximum atomic E-state index is 12.1. The van der Waals surface area contributed by atoms with Gasteiger partial charge in [0.25, 0.3) is 0 Å². The fourth-order valence-corrected chi connectivity index (χ4v) is 2.78. The largest absolute Gasteiger partial charge is 0.316 e. The first-order valence-electron chi connectivity index (χ1n) is 6.60. The van der Waals surface area contributed by atoms with Gasteiger partial charge in [0, 0.05) is 12.0 Å². The molecule has 19 heavy (non-hydrogen) atoms. The molecule has 3 nitrogen and oxygen atoms in total. The van der Waals surface area contributed by atoms with Gasteiger partial charge in [-0.15, -0.1) is 6.58 Å². The van der Waals surface area contributed by atoms with Gasteiger partial charge in [0.15, 0.2) is 12.0 Å². The molecule has 1 aliphatic rings. The Morgan fingerprint density at radius 3 is 3.11 bits per heavy atom. The van der Waals surface area contributed by atoms with E-state index < -0.39 is 0 Å². The Balaban J connectivity index is 2.29. The van der Waals surface area contributed by atoms with Crippen molar-refractivity contribution in [1.82, 2.24) is 5.32 Å². The number of ketones is 1. The summed E-state index contributed by atoms with van der Waals surface area (Å²) < 4.78 is 0. The number of hydrogen-bond donors (Lipinski definition) is 1. The molecule has 1 aromatic rings. The maximum Gasteiger partial charge on any atom is 0.177 e. The summed E-state index contributed by atoms with van der Waals surface area (Å²) in [4.78, 5) is 12.1. The van der Waals surface area contributed by atoms with Crippen molar-refractivity contribution in [2.75, 3.05) is 0 Å². The predicted octanol–water partition coefficient (Wildman–Crippen LogP) is 3.20. The van der Waals surface area contributed by atoms with Gasteiger partial charge in [0.05, 0.1) is 6.04 Å². The summed E-state index contributed by atoms with van der Waals surface area (Å²) in [7, 11) is 0. The van der Waals surface area contributed by atoms with Crippen LogP contribution in [0.15, 0.2) is 24.8 Å². The number of fused-ring (bicyclic) bond motifs is 1. The molecule has 0 spiro atoms. The Hall–Kier alpha value is -2.08. The van der Waals surface area contributed by atoms with E-state index in [-0.39, 0.29) is 11.8 Å². The van der Waals surface area contributed by atoms with Crippen LogP contribution < -0.4 is 5.32 Å². The predicted molar refractivity (Wildman–Crippen MR) is 74.8 cm³/mol. The fraction of sp³-hybridized carbons (Fsp3) is 0.375. The molecular weight excluding hydrogens is 236 g/mol. The monoisotopic (exact) mass is 254 g/mol. The van der Waals surface area contributed by atoms with Crippen LogP contribution in [0.3, 0.4) is 0 Å². The molecule has 1 aromatic carbocycles. The van der Waals surface area contributed by atoms with E-state index >= 15 is 0 Å². The van der Waals surface area contributed by atoms with Gasteiger partial charge in [-0.2, -0.15) is 5.26 Å². The van der Waals surface area contributed by atoms with Crippen LogP contribution in [0.25, 0.3) is 0 Å². The van der Waals surface area contributed by atoms with E-state index in [0.29, 0.717) is 12.8 Å². The van der Waals surface area contributed by atoms with Gasteiger partial charge in [0.2, 0.25) is 0 Å². The Labute approximate surface area is 113 Å². The highest BCUT2D eigenvalue weighted by Crippen LogP contribution is 2.34. The zero-order chi connectivity index (χ0) is 13.8. The lowest BCUT2D eigenvalue weighted by molar-refractivity contribution is 0.0983. The fourth-order valence-electron chi connectivity index (χ4n) is 2.78. The first-order chi connectivity index (χ1) is 9.19. The topological polar surface area (TPSA) is 52.9 Å². The molecule has 0 saturated heterocycles. The quantitative estimate of drug-likeness (QED) is 0.380. The second kappa shape index (κ2) is 5.71. The average Bonchev–Trinajstić information content (AvgIpc) is 2.81. The van der Waals surface area contributed by atoms with E-state index in [1.54, 1.807) is 6.08 Å². The molecule has 3 heteroatoms. The summed E-state index contributed by atoms with van der Waals surface area (Å²) >= 11 is 0. The minimum atomic E-state index is 0.107. The molecule has 0 amide bonds. The number of carbonyl (C=O) groups is 1. The van der Waals surface area contributed by atoms with E-state index in [2.05, 4.69) is 11.9 Å². The van der Waals surface area contributed by atoms with Crippen LogP contribution >= 0.6 is 0 Å². The standard InChI is InChI=1S/C16H18N2O/c1-3-4-5-16(19)13-6-7-14-12(11(13)2)8-9-15(14)18-10-17/h3,6-7,15,18H,1,4-5,8-9H2,2H3. The molecule has 1 aliphatic carbocycles. The third-order valence-electron chi connectivity index (χ3n) is 3.81. The van der Waals surface area contributed by atoms with Crippen molar-refractivity contribution in [3.63, 3.8) is 0 Å². The maximum absolute atomic E-state index is 12.1. The Bertz CT molecular complexity index is 555. The lowest BCUT2D eigenvalue weighted by Crippen LogP contribution is -2.13. The lowest BCUT2D eigenvalue weighted by Gasteiger charge is -2.12. The van der Waals surface area contributed by atoms with Gasteiger partial charge in [-0.1, -0.05) is 18.2 Å². The molecule has 0 fully saturated rings. The molecule has 1 unspecified atom stereocenters. The second-order valence-electron chi connectivity index (χ2n) is 4.90. The molecule has 0 bridgehead atoms. The molecule has 1 atom stereocenters. The Morgan fingerprint density at radius 1 is 1.63 bits per heavy atom. The first kappa shape index (κ1) is 13.4. The number of benzene rings is 1. The molecule has 98 valence electrons. The van der Waals surface area contributed by atoms with Crippen molar-refractivity contribution in [2.24, 2.45) is 0 Å². The van der Waals surface area contributed by atoms with Crippen LogP contribution in [0, 0.1) is 18.4 Å².